The Balaban J connectivity index is 1.88. The normalized spacial score (nSPS) is 23.9. The van der Waals surface area contributed by atoms with Gasteiger partial charge in [0.25, 0.3) is 5.91 Å². The van der Waals surface area contributed by atoms with Gasteiger partial charge in [-0.2, -0.15) is 0 Å². The molecule has 1 aromatic rings. The summed E-state index contributed by atoms with van der Waals surface area (Å²) in [6.07, 6.45) is 2.09. The molecule has 1 amide bonds. The van der Waals surface area contributed by atoms with Gasteiger partial charge in [-0.1, -0.05) is 23.2 Å². The van der Waals surface area contributed by atoms with Gasteiger partial charge in [-0.15, -0.1) is 0 Å². The quantitative estimate of drug-likeness (QED) is 0.898. The second-order valence-electron chi connectivity index (χ2n) is 6.12. The highest BCUT2D eigenvalue weighted by atomic mass is 35.5. The molecule has 124 valence electrons. The van der Waals surface area contributed by atoms with Crippen molar-refractivity contribution in [1.82, 2.24) is 4.90 Å². The fourth-order valence-corrected chi connectivity index (χ4v) is 3.93. The number of aliphatic carboxylic acids is 1. The smallest absolute Gasteiger partial charge is 0.308 e. The lowest BCUT2D eigenvalue weighted by molar-refractivity contribution is -0.142. The van der Waals surface area contributed by atoms with E-state index in [2.05, 4.69) is 0 Å². The van der Waals surface area contributed by atoms with Gasteiger partial charge in [-0.3, -0.25) is 9.59 Å². The Morgan fingerprint density at radius 3 is 2.52 bits per heavy atom. The fourth-order valence-electron chi connectivity index (χ4n) is 3.36. The second kappa shape index (κ2) is 6.21. The van der Waals surface area contributed by atoms with E-state index < -0.39 is 11.9 Å². The van der Waals surface area contributed by atoms with Crippen molar-refractivity contribution in [1.29, 1.82) is 0 Å². The minimum atomic E-state index is -0.840. The maximum Gasteiger partial charge on any atom is 0.308 e. The largest absolute Gasteiger partial charge is 0.494 e. The molecule has 23 heavy (non-hydrogen) atoms. The molecule has 1 saturated heterocycles. The van der Waals surface area contributed by atoms with Crippen LogP contribution in [0.3, 0.4) is 0 Å². The molecule has 1 saturated carbocycles. The fraction of sp³-hybridized carbons (Fsp3) is 0.500. The van der Waals surface area contributed by atoms with Gasteiger partial charge in [0.2, 0.25) is 0 Å². The first kappa shape index (κ1) is 16.4. The molecule has 3 rings (SSSR count). The molecule has 2 aliphatic rings. The number of carbonyl (C=O) groups excluding carboxylic acids is 1. The zero-order chi connectivity index (χ0) is 16.7. The number of nitrogens with zero attached hydrogens (tertiary/aromatic N) is 1. The Labute approximate surface area is 144 Å². The second-order valence-corrected chi connectivity index (χ2v) is 6.97. The molecular weight excluding hydrogens is 341 g/mol. The third kappa shape index (κ3) is 3.12. The number of carboxylic acids is 1. The number of carboxylic acid groups (broad SMARTS) is 1. The van der Waals surface area contributed by atoms with E-state index >= 15 is 0 Å². The Hall–Kier alpha value is -1.46. The monoisotopic (exact) mass is 357 g/mol. The third-order valence-corrected chi connectivity index (χ3v) is 5.14. The molecule has 0 radical (unpaired) electrons. The topological polar surface area (TPSA) is 66.8 Å². The van der Waals surface area contributed by atoms with E-state index in [1.165, 1.54) is 19.2 Å². The first-order valence-corrected chi connectivity index (χ1v) is 8.23. The lowest BCUT2D eigenvalue weighted by Crippen LogP contribution is -2.30. The summed E-state index contributed by atoms with van der Waals surface area (Å²) in [5, 5.41) is 10.0. The van der Waals surface area contributed by atoms with E-state index in [1.807, 2.05) is 0 Å². The number of hydrogen-bond acceptors (Lipinski definition) is 3. The van der Waals surface area contributed by atoms with Crippen LogP contribution < -0.4 is 4.74 Å². The summed E-state index contributed by atoms with van der Waals surface area (Å²) in [6, 6.07) is 3.02. The molecule has 0 spiro atoms. The lowest BCUT2D eigenvalue weighted by Gasteiger charge is -2.19. The summed E-state index contributed by atoms with van der Waals surface area (Å²) < 4.78 is 5.22. The van der Waals surface area contributed by atoms with Crippen molar-refractivity contribution in [3.05, 3.63) is 27.7 Å². The highest BCUT2D eigenvalue weighted by Gasteiger charge is 2.47. The number of methoxy groups -OCH3 is 1. The Morgan fingerprint density at radius 2 is 1.96 bits per heavy atom. The number of amides is 1. The summed E-state index contributed by atoms with van der Waals surface area (Å²) in [5.41, 5.74) is 0.269. The van der Waals surface area contributed by atoms with E-state index in [0.29, 0.717) is 17.5 Å². The summed E-state index contributed by atoms with van der Waals surface area (Å²) in [5.74, 6) is -0.931. The van der Waals surface area contributed by atoms with Gasteiger partial charge in [-0.05, 0) is 36.8 Å². The molecule has 1 aromatic carbocycles. The molecule has 7 heteroatoms. The zero-order valence-corrected chi connectivity index (χ0v) is 14.1. The lowest BCUT2D eigenvalue weighted by atomic mass is 9.92. The van der Waals surface area contributed by atoms with Crippen molar-refractivity contribution >= 4 is 35.1 Å². The standard InChI is InChI=1S/C16H17Cl2NO4/c1-23-14-10(4-9(17)5-13(14)18)15(20)19-6-11(8-2-3-8)12(7-19)16(21)22/h4-5,8,11-12H,2-3,6-7H2,1H3,(H,21,22)/t11-,12+/m0/s1. The Kier molecular flexibility index (Phi) is 4.43. The minimum Gasteiger partial charge on any atom is -0.494 e. The van der Waals surface area contributed by atoms with Crippen molar-refractivity contribution in [3.63, 3.8) is 0 Å². The number of ether oxygens (including phenoxy) is 1. The molecule has 1 N–H and O–H groups in total. The summed E-state index contributed by atoms with van der Waals surface area (Å²) >= 11 is 12.1. The van der Waals surface area contributed by atoms with Crippen LogP contribution in [0.4, 0.5) is 0 Å². The van der Waals surface area contributed by atoms with Crippen LogP contribution in [0.5, 0.6) is 5.75 Å². The van der Waals surface area contributed by atoms with Crippen molar-refractivity contribution in [2.45, 2.75) is 12.8 Å². The van der Waals surface area contributed by atoms with E-state index in [4.69, 9.17) is 27.9 Å². The Morgan fingerprint density at radius 1 is 1.26 bits per heavy atom. The molecule has 2 fully saturated rings. The van der Waals surface area contributed by atoms with Gasteiger partial charge < -0.3 is 14.7 Å². The van der Waals surface area contributed by atoms with Crippen molar-refractivity contribution in [2.75, 3.05) is 20.2 Å². The van der Waals surface area contributed by atoms with Crippen LogP contribution in [0.1, 0.15) is 23.2 Å². The average Bonchev–Trinajstić information content (AvgIpc) is 3.24. The first-order valence-electron chi connectivity index (χ1n) is 7.47. The summed E-state index contributed by atoms with van der Waals surface area (Å²) in [6.45, 7) is 0.663. The van der Waals surface area contributed by atoms with E-state index in [0.717, 1.165) is 12.8 Å². The van der Waals surface area contributed by atoms with Crippen LogP contribution in [0.2, 0.25) is 10.0 Å². The van der Waals surface area contributed by atoms with Crippen LogP contribution >= 0.6 is 23.2 Å². The predicted molar refractivity (Wildman–Crippen MR) is 86.3 cm³/mol. The molecule has 0 unspecified atom stereocenters. The number of rotatable bonds is 4. The van der Waals surface area contributed by atoms with E-state index in [1.54, 1.807) is 4.90 Å². The summed E-state index contributed by atoms with van der Waals surface area (Å²) in [4.78, 5) is 25.9. The molecule has 0 aromatic heterocycles. The van der Waals surface area contributed by atoms with Gasteiger partial charge >= 0.3 is 5.97 Å². The molecule has 0 bridgehead atoms. The van der Waals surface area contributed by atoms with Crippen LogP contribution in [-0.2, 0) is 4.79 Å². The van der Waals surface area contributed by atoms with Crippen molar-refractivity contribution < 1.29 is 19.4 Å². The van der Waals surface area contributed by atoms with Crippen molar-refractivity contribution in [3.8, 4) is 5.75 Å². The van der Waals surface area contributed by atoms with Gasteiger partial charge in [-0.25, -0.2) is 0 Å². The molecule has 2 atom stereocenters. The number of carbonyl (C=O) groups is 2. The maximum absolute atomic E-state index is 12.8. The number of halogens is 2. The first-order chi connectivity index (χ1) is 10.9. The molecule has 1 aliphatic carbocycles. The molecule has 1 aliphatic heterocycles. The van der Waals surface area contributed by atoms with Gasteiger partial charge in [0.1, 0.15) is 5.75 Å². The number of benzene rings is 1. The molecule has 5 nitrogen and oxygen atoms in total. The molecule has 1 heterocycles. The SMILES string of the molecule is COc1c(Cl)cc(Cl)cc1C(=O)N1C[C@@H](C(=O)O)[C@H](C2CC2)C1. The van der Waals surface area contributed by atoms with Crippen LogP contribution in [-0.4, -0.2) is 42.1 Å². The minimum absolute atomic E-state index is 0.0251. The highest BCUT2D eigenvalue weighted by molar-refractivity contribution is 6.36. The summed E-state index contributed by atoms with van der Waals surface area (Å²) in [7, 11) is 1.43. The van der Waals surface area contributed by atoms with Gasteiger partial charge in [0.15, 0.2) is 0 Å². The number of likely N-dealkylation sites (tertiary alicyclic amines) is 1. The van der Waals surface area contributed by atoms with Crippen LogP contribution in [0.15, 0.2) is 12.1 Å². The Bertz CT molecular complexity index is 660. The van der Waals surface area contributed by atoms with Crippen LogP contribution in [0.25, 0.3) is 0 Å². The maximum atomic E-state index is 12.8. The van der Waals surface area contributed by atoms with E-state index in [-0.39, 0.29) is 34.7 Å². The number of hydrogen-bond donors (Lipinski definition) is 1. The third-order valence-electron chi connectivity index (χ3n) is 4.64. The van der Waals surface area contributed by atoms with Crippen LogP contribution in [0, 0.1) is 17.8 Å². The van der Waals surface area contributed by atoms with Gasteiger partial charge in [0.05, 0.1) is 23.6 Å². The highest BCUT2D eigenvalue weighted by Crippen LogP contribution is 2.44. The molecular formula is C16H17Cl2NO4. The zero-order valence-electron chi connectivity index (χ0n) is 12.6. The average molecular weight is 358 g/mol. The van der Waals surface area contributed by atoms with Crippen molar-refractivity contribution in [2.24, 2.45) is 17.8 Å². The van der Waals surface area contributed by atoms with Gasteiger partial charge in [0, 0.05) is 18.1 Å². The van der Waals surface area contributed by atoms with E-state index in [9.17, 15) is 14.7 Å². The predicted octanol–water partition coefficient (Wildman–Crippen LogP) is 3.18.